The average Bonchev–Trinajstić information content (AvgIpc) is 2.61. The molecule has 1 fully saturated rings. The highest BCUT2D eigenvalue weighted by Gasteiger charge is 2.42. The number of aromatic amines is 1. The van der Waals surface area contributed by atoms with Crippen LogP contribution < -0.4 is 10.9 Å². The molecule has 7 nitrogen and oxygen atoms in total. The topological polar surface area (TPSA) is 126 Å². The Morgan fingerprint density at radius 3 is 2.56 bits per heavy atom. The molecule has 100 valence electrons. The molecule has 0 saturated carbocycles. The largest absolute Gasteiger partial charge is 0.494 e. The maximum Gasteiger partial charge on any atom is 0.286 e. The number of aromatic hydroxyl groups is 1. The van der Waals surface area contributed by atoms with E-state index in [0.29, 0.717) is 0 Å². The zero-order valence-electron chi connectivity index (χ0n) is 9.17. The molecule has 1 aliphatic heterocycles. The molecule has 1 aromatic rings. The van der Waals surface area contributed by atoms with Gasteiger partial charge < -0.3 is 25.7 Å². The van der Waals surface area contributed by atoms with E-state index in [1.165, 1.54) is 0 Å². The Labute approximate surface area is 101 Å². The van der Waals surface area contributed by atoms with E-state index in [0.717, 1.165) is 6.07 Å². The van der Waals surface area contributed by atoms with Gasteiger partial charge in [-0.15, -0.1) is 0 Å². The van der Waals surface area contributed by atoms with Crippen LogP contribution in [0, 0.1) is 5.82 Å². The van der Waals surface area contributed by atoms with Gasteiger partial charge in [0.1, 0.15) is 6.10 Å². The summed E-state index contributed by atoms with van der Waals surface area (Å²) in [6.07, 6.45) is -2.59. The molecule has 6 N–H and O–H groups in total. The minimum atomic E-state index is -1.33. The third kappa shape index (κ3) is 1.99. The molecule has 0 unspecified atom stereocenters. The van der Waals surface area contributed by atoms with Crippen molar-refractivity contribution in [3.8, 4) is 5.88 Å². The summed E-state index contributed by atoms with van der Waals surface area (Å²) in [6, 6.07) is -0.996. The maximum atomic E-state index is 13.1. The molecule has 1 saturated heterocycles. The second-order valence-corrected chi connectivity index (χ2v) is 4.16. The van der Waals surface area contributed by atoms with Crippen molar-refractivity contribution < 1.29 is 24.8 Å². The lowest BCUT2D eigenvalue weighted by Gasteiger charge is -2.16. The van der Waals surface area contributed by atoms with E-state index in [4.69, 9.17) is 5.11 Å². The van der Waals surface area contributed by atoms with Gasteiger partial charge in [-0.3, -0.25) is 9.78 Å². The van der Waals surface area contributed by atoms with Crippen LogP contribution >= 0.6 is 0 Å². The quantitative estimate of drug-likeness (QED) is 0.363. The first-order valence-corrected chi connectivity index (χ1v) is 5.30. The van der Waals surface area contributed by atoms with Crippen molar-refractivity contribution in [2.75, 3.05) is 6.61 Å². The Morgan fingerprint density at radius 2 is 2.00 bits per heavy atom. The highest BCUT2D eigenvalue weighted by Crippen LogP contribution is 2.31. The minimum absolute atomic E-state index is 0.0883. The number of rotatable bonds is 2. The van der Waals surface area contributed by atoms with Crippen molar-refractivity contribution in [3.05, 3.63) is 27.8 Å². The summed E-state index contributed by atoms with van der Waals surface area (Å²) in [7, 11) is 0. The Bertz CT molecular complexity index is 506. The summed E-state index contributed by atoms with van der Waals surface area (Å²) < 4.78 is 13.1. The Balaban J connectivity index is 2.38. The van der Waals surface area contributed by atoms with Crippen molar-refractivity contribution in [1.82, 2.24) is 10.3 Å². The number of H-pyrrole nitrogens is 1. The number of aliphatic hydroxyl groups is 3. The zero-order chi connectivity index (χ0) is 13.4. The zero-order valence-corrected chi connectivity index (χ0v) is 9.17. The van der Waals surface area contributed by atoms with Crippen LogP contribution in [0.1, 0.15) is 11.6 Å². The molecule has 8 heteroatoms. The van der Waals surface area contributed by atoms with Gasteiger partial charge in [0.25, 0.3) is 5.56 Å². The van der Waals surface area contributed by atoms with E-state index in [1.54, 1.807) is 0 Å². The Hall–Kier alpha value is -1.48. The first kappa shape index (κ1) is 13.0. The van der Waals surface area contributed by atoms with Gasteiger partial charge in [-0.25, -0.2) is 4.39 Å². The van der Waals surface area contributed by atoms with Gasteiger partial charge in [-0.1, -0.05) is 0 Å². The average molecular weight is 260 g/mol. The highest BCUT2D eigenvalue weighted by atomic mass is 19.1. The van der Waals surface area contributed by atoms with Gasteiger partial charge in [0.05, 0.1) is 24.8 Å². The third-order valence-electron chi connectivity index (χ3n) is 3.03. The third-order valence-corrected chi connectivity index (χ3v) is 3.03. The first-order valence-electron chi connectivity index (χ1n) is 5.30. The first-order chi connectivity index (χ1) is 8.45. The number of hydrogen-bond donors (Lipinski definition) is 6. The van der Waals surface area contributed by atoms with Crippen LogP contribution in [0.3, 0.4) is 0 Å². The van der Waals surface area contributed by atoms with Crippen LogP contribution in [-0.4, -0.2) is 50.3 Å². The van der Waals surface area contributed by atoms with Crippen LogP contribution in [0.15, 0.2) is 10.9 Å². The lowest BCUT2D eigenvalue weighted by Crippen LogP contribution is -2.35. The van der Waals surface area contributed by atoms with Crippen LogP contribution in [0.4, 0.5) is 4.39 Å². The molecule has 0 bridgehead atoms. The van der Waals surface area contributed by atoms with Gasteiger partial charge in [0.15, 0.2) is 11.7 Å². The van der Waals surface area contributed by atoms with Gasteiger partial charge in [0.2, 0.25) is 0 Å². The highest BCUT2D eigenvalue weighted by molar-refractivity contribution is 5.31. The Morgan fingerprint density at radius 1 is 1.33 bits per heavy atom. The number of pyridine rings is 1. The second kappa shape index (κ2) is 4.65. The number of aromatic nitrogens is 1. The van der Waals surface area contributed by atoms with Gasteiger partial charge >= 0.3 is 0 Å². The molecule has 1 aromatic heterocycles. The number of halogens is 1. The lowest BCUT2D eigenvalue weighted by molar-refractivity contribution is 0.0191. The molecule has 0 radical (unpaired) electrons. The van der Waals surface area contributed by atoms with E-state index in [-0.39, 0.29) is 5.56 Å². The SMILES string of the molecule is O=c1[nH]c(O)c([C@@H]2N[C@H](CO)[C@@H](O)[C@H]2O)cc1F. The van der Waals surface area contributed by atoms with Crippen molar-refractivity contribution >= 4 is 0 Å². The molecule has 2 rings (SSSR count). The van der Waals surface area contributed by atoms with E-state index in [2.05, 4.69) is 5.32 Å². The lowest BCUT2D eigenvalue weighted by atomic mass is 10.0. The minimum Gasteiger partial charge on any atom is -0.494 e. The van der Waals surface area contributed by atoms with Crippen molar-refractivity contribution in [3.63, 3.8) is 0 Å². The van der Waals surface area contributed by atoms with Gasteiger partial charge in [-0.2, -0.15) is 0 Å². The van der Waals surface area contributed by atoms with Gasteiger partial charge in [-0.05, 0) is 6.07 Å². The van der Waals surface area contributed by atoms with E-state index < -0.39 is 48.2 Å². The summed E-state index contributed by atoms with van der Waals surface area (Å²) in [5, 5.41) is 40.5. The molecular formula is C10H13FN2O5. The number of hydrogen-bond acceptors (Lipinski definition) is 6. The summed E-state index contributed by atoms with van der Waals surface area (Å²) in [6.45, 7) is -0.429. The molecule has 0 amide bonds. The van der Waals surface area contributed by atoms with E-state index in [1.807, 2.05) is 4.98 Å². The van der Waals surface area contributed by atoms with Crippen molar-refractivity contribution in [2.45, 2.75) is 24.3 Å². The van der Waals surface area contributed by atoms with Crippen LogP contribution in [0.5, 0.6) is 5.88 Å². The van der Waals surface area contributed by atoms with E-state index in [9.17, 15) is 24.5 Å². The standard InChI is InChI=1S/C10H13FN2O5/c11-4-1-3(9(17)13-10(4)18)6-8(16)7(15)5(2-14)12-6/h1,5-8,12,14-16H,2H2,(H2,13,17,18)/t5-,6+,7-,8+/m1/s1. The molecule has 0 aliphatic carbocycles. The molecule has 4 atom stereocenters. The summed E-state index contributed by atoms with van der Waals surface area (Å²) in [4.78, 5) is 12.8. The van der Waals surface area contributed by atoms with Crippen LogP contribution in [0.25, 0.3) is 0 Å². The summed E-state index contributed by atoms with van der Waals surface area (Å²) in [5.41, 5.74) is -1.17. The number of nitrogens with one attached hydrogen (secondary N) is 2. The van der Waals surface area contributed by atoms with Crippen molar-refractivity contribution in [1.29, 1.82) is 0 Å². The molecule has 0 aromatic carbocycles. The monoisotopic (exact) mass is 260 g/mol. The molecular weight excluding hydrogens is 247 g/mol. The number of aliphatic hydroxyl groups excluding tert-OH is 3. The van der Waals surface area contributed by atoms with Crippen molar-refractivity contribution in [2.24, 2.45) is 0 Å². The molecule has 18 heavy (non-hydrogen) atoms. The predicted octanol–water partition coefficient (Wildman–Crippen LogP) is -2.05. The Kier molecular flexibility index (Phi) is 3.35. The maximum absolute atomic E-state index is 13.1. The predicted molar refractivity (Wildman–Crippen MR) is 57.4 cm³/mol. The van der Waals surface area contributed by atoms with Crippen LogP contribution in [-0.2, 0) is 0 Å². The molecule has 1 aliphatic rings. The van der Waals surface area contributed by atoms with Gasteiger partial charge in [0, 0.05) is 5.56 Å². The normalized spacial score (nSPS) is 31.8. The summed E-state index contributed by atoms with van der Waals surface area (Å²) in [5.74, 6) is -1.71. The fraction of sp³-hybridized carbons (Fsp3) is 0.500. The molecule has 0 spiro atoms. The van der Waals surface area contributed by atoms with Crippen LogP contribution in [0.2, 0.25) is 0 Å². The molecule has 2 heterocycles. The smallest absolute Gasteiger partial charge is 0.286 e. The van der Waals surface area contributed by atoms with E-state index >= 15 is 0 Å². The fourth-order valence-corrected chi connectivity index (χ4v) is 2.04. The second-order valence-electron chi connectivity index (χ2n) is 4.16. The summed E-state index contributed by atoms with van der Waals surface area (Å²) >= 11 is 0. The fourth-order valence-electron chi connectivity index (χ4n) is 2.04.